The van der Waals surface area contributed by atoms with Crippen molar-refractivity contribution in [1.82, 2.24) is 14.9 Å². The van der Waals surface area contributed by atoms with Gasteiger partial charge in [0.05, 0.1) is 26.0 Å². The van der Waals surface area contributed by atoms with Crippen LogP contribution in [0.5, 0.6) is 11.5 Å². The predicted molar refractivity (Wildman–Crippen MR) is 114 cm³/mol. The number of anilines is 2. The molecule has 1 aliphatic rings. The number of carbonyl (C=O) groups excluding carboxylic acids is 1. The second-order valence-electron chi connectivity index (χ2n) is 6.78. The van der Waals surface area contributed by atoms with Crippen molar-refractivity contribution in [3.8, 4) is 11.5 Å². The van der Waals surface area contributed by atoms with Crippen LogP contribution in [0.15, 0.2) is 29.6 Å². The van der Waals surface area contributed by atoms with Gasteiger partial charge in [-0.3, -0.25) is 4.79 Å². The lowest BCUT2D eigenvalue weighted by atomic mass is 10.1. The zero-order valence-electron chi connectivity index (χ0n) is 16.4. The molecule has 3 heterocycles. The van der Waals surface area contributed by atoms with Crippen LogP contribution in [0.2, 0.25) is 0 Å². The van der Waals surface area contributed by atoms with Crippen LogP contribution in [0, 0.1) is 0 Å². The van der Waals surface area contributed by atoms with Gasteiger partial charge in [0.1, 0.15) is 10.6 Å². The van der Waals surface area contributed by atoms with Crippen molar-refractivity contribution < 1.29 is 14.3 Å². The topological polar surface area (TPSA) is 93.8 Å². The zero-order valence-corrected chi connectivity index (χ0v) is 17.2. The second kappa shape index (κ2) is 8.12. The molecule has 1 saturated heterocycles. The van der Waals surface area contributed by atoms with Gasteiger partial charge in [0, 0.05) is 26.2 Å². The second-order valence-corrected chi connectivity index (χ2v) is 7.67. The molecule has 9 heteroatoms. The van der Waals surface area contributed by atoms with E-state index in [1.165, 1.54) is 0 Å². The number of amides is 1. The van der Waals surface area contributed by atoms with Gasteiger partial charge in [0.25, 0.3) is 0 Å². The average Bonchev–Trinajstić information content (AvgIpc) is 3.21. The lowest BCUT2D eigenvalue weighted by Gasteiger charge is -2.35. The highest BCUT2D eigenvalue weighted by Gasteiger charge is 2.24. The number of methoxy groups -OCH3 is 2. The molecule has 2 aromatic heterocycles. The maximum atomic E-state index is 12.8. The fourth-order valence-corrected chi connectivity index (χ4v) is 4.31. The molecule has 4 rings (SSSR count). The average molecular weight is 414 g/mol. The number of thiophene rings is 1. The lowest BCUT2D eigenvalue weighted by molar-refractivity contribution is -0.130. The summed E-state index contributed by atoms with van der Waals surface area (Å²) in [4.78, 5) is 26.5. The quantitative estimate of drug-likeness (QED) is 0.685. The highest BCUT2D eigenvalue weighted by Crippen LogP contribution is 2.30. The Hall–Kier alpha value is -3.07. The third-order valence-electron chi connectivity index (χ3n) is 5.06. The third-order valence-corrected chi connectivity index (χ3v) is 5.86. The number of hydrogen-bond acceptors (Lipinski definition) is 8. The molecule has 0 bridgehead atoms. The first kappa shape index (κ1) is 19.3. The molecule has 1 fully saturated rings. The molecular weight excluding hydrogens is 390 g/mol. The van der Waals surface area contributed by atoms with Crippen molar-refractivity contribution in [1.29, 1.82) is 0 Å². The number of carbonyl (C=O) groups is 1. The number of nitrogens with zero attached hydrogens (tertiary/aromatic N) is 4. The minimum Gasteiger partial charge on any atom is -0.493 e. The summed E-state index contributed by atoms with van der Waals surface area (Å²) in [6, 6.07) is 7.59. The van der Waals surface area contributed by atoms with Crippen molar-refractivity contribution in [3.05, 3.63) is 35.2 Å². The summed E-state index contributed by atoms with van der Waals surface area (Å²) in [5.74, 6) is 2.51. The predicted octanol–water partition coefficient (Wildman–Crippen LogP) is 2.18. The smallest absolute Gasteiger partial charge is 0.227 e. The van der Waals surface area contributed by atoms with Crippen molar-refractivity contribution in [3.63, 3.8) is 0 Å². The molecule has 0 spiro atoms. The van der Waals surface area contributed by atoms with E-state index in [1.807, 2.05) is 34.5 Å². The molecule has 0 unspecified atom stereocenters. The molecule has 2 N–H and O–H groups in total. The van der Waals surface area contributed by atoms with Crippen LogP contribution >= 0.6 is 11.3 Å². The van der Waals surface area contributed by atoms with Crippen molar-refractivity contribution in [2.75, 3.05) is 51.0 Å². The standard InChI is InChI=1S/C20H23N5O3S/c1-27-15-4-3-13(11-16(15)28-2)12-17(26)24-6-8-25(9-7-24)18-14-5-10-29-19(14)23-20(21)22-18/h3-5,10-11H,6-9,12H2,1-2H3,(H2,21,22,23). The highest BCUT2D eigenvalue weighted by atomic mass is 32.1. The number of benzene rings is 1. The lowest BCUT2D eigenvalue weighted by Crippen LogP contribution is -2.49. The first-order chi connectivity index (χ1) is 14.1. The van der Waals surface area contributed by atoms with E-state index in [4.69, 9.17) is 15.2 Å². The molecule has 1 amide bonds. The Morgan fingerprint density at radius 1 is 1.10 bits per heavy atom. The van der Waals surface area contributed by atoms with E-state index in [0.29, 0.717) is 44.1 Å². The van der Waals surface area contributed by atoms with Crippen molar-refractivity contribution in [2.24, 2.45) is 0 Å². The van der Waals surface area contributed by atoms with Gasteiger partial charge in [-0.05, 0) is 29.1 Å². The maximum absolute atomic E-state index is 12.8. The Labute approximate surface area is 172 Å². The van der Waals surface area contributed by atoms with E-state index in [9.17, 15) is 4.79 Å². The first-order valence-electron chi connectivity index (χ1n) is 9.33. The van der Waals surface area contributed by atoms with Crippen LogP contribution in [0.3, 0.4) is 0 Å². The summed E-state index contributed by atoms with van der Waals surface area (Å²) in [6.07, 6.45) is 0.329. The molecule has 0 saturated carbocycles. The highest BCUT2D eigenvalue weighted by molar-refractivity contribution is 7.16. The van der Waals surface area contributed by atoms with Gasteiger partial charge in [0.2, 0.25) is 11.9 Å². The number of ether oxygens (including phenoxy) is 2. The summed E-state index contributed by atoms with van der Waals surface area (Å²) in [5.41, 5.74) is 6.77. The van der Waals surface area contributed by atoms with Crippen LogP contribution in [0.25, 0.3) is 10.2 Å². The van der Waals surface area contributed by atoms with Crippen LogP contribution in [-0.2, 0) is 11.2 Å². The van der Waals surface area contributed by atoms with Crippen LogP contribution in [-0.4, -0.2) is 61.2 Å². The summed E-state index contributed by atoms with van der Waals surface area (Å²) in [6.45, 7) is 2.70. The van der Waals surface area contributed by atoms with Crippen molar-refractivity contribution in [2.45, 2.75) is 6.42 Å². The number of nitrogens with two attached hydrogens (primary N) is 1. The Morgan fingerprint density at radius 3 is 2.59 bits per heavy atom. The molecule has 3 aromatic rings. The molecule has 1 aromatic carbocycles. The van der Waals surface area contributed by atoms with Gasteiger partial charge in [-0.25, -0.2) is 4.98 Å². The Balaban J connectivity index is 1.41. The van der Waals surface area contributed by atoms with Crippen molar-refractivity contribution >= 4 is 39.2 Å². The Kier molecular flexibility index (Phi) is 5.39. The molecule has 8 nitrogen and oxygen atoms in total. The molecule has 152 valence electrons. The maximum Gasteiger partial charge on any atom is 0.227 e. The van der Waals surface area contributed by atoms with Gasteiger partial charge in [-0.1, -0.05) is 6.07 Å². The number of rotatable bonds is 5. The van der Waals surface area contributed by atoms with E-state index in [2.05, 4.69) is 14.9 Å². The fraction of sp³-hybridized carbons (Fsp3) is 0.350. The number of aromatic nitrogens is 2. The number of fused-ring (bicyclic) bond motifs is 1. The van der Waals surface area contributed by atoms with Crippen LogP contribution in [0.4, 0.5) is 11.8 Å². The Bertz CT molecular complexity index is 1030. The largest absolute Gasteiger partial charge is 0.493 e. The molecular formula is C20H23N5O3S. The summed E-state index contributed by atoms with van der Waals surface area (Å²) >= 11 is 1.55. The summed E-state index contributed by atoms with van der Waals surface area (Å²) in [7, 11) is 3.18. The van der Waals surface area contributed by atoms with E-state index < -0.39 is 0 Å². The normalized spacial score (nSPS) is 14.3. The molecule has 29 heavy (non-hydrogen) atoms. The molecule has 0 aliphatic carbocycles. The van der Waals surface area contributed by atoms with Gasteiger partial charge in [-0.2, -0.15) is 4.98 Å². The number of nitrogen functional groups attached to an aromatic ring is 1. The van der Waals surface area contributed by atoms with E-state index >= 15 is 0 Å². The van der Waals surface area contributed by atoms with Crippen LogP contribution < -0.4 is 20.1 Å². The minimum atomic E-state index is 0.0970. The Morgan fingerprint density at radius 2 is 1.86 bits per heavy atom. The SMILES string of the molecule is COc1ccc(CC(=O)N2CCN(c3nc(N)nc4sccc34)CC2)cc1OC. The first-order valence-corrected chi connectivity index (χ1v) is 10.2. The van der Waals surface area contributed by atoms with Gasteiger partial charge >= 0.3 is 0 Å². The minimum absolute atomic E-state index is 0.0970. The zero-order chi connectivity index (χ0) is 20.4. The van der Waals surface area contributed by atoms with Crippen LogP contribution in [0.1, 0.15) is 5.56 Å². The van der Waals surface area contributed by atoms with Gasteiger partial charge in [0.15, 0.2) is 11.5 Å². The molecule has 0 radical (unpaired) electrons. The third kappa shape index (κ3) is 3.91. The monoisotopic (exact) mass is 413 g/mol. The van der Waals surface area contributed by atoms with E-state index in [1.54, 1.807) is 25.6 Å². The number of hydrogen-bond donors (Lipinski definition) is 1. The fourth-order valence-electron chi connectivity index (χ4n) is 3.54. The molecule has 0 atom stereocenters. The summed E-state index contributed by atoms with van der Waals surface area (Å²) < 4.78 is 10.6. The summed E-state index contributed by atoms with van der Waals surface area (Å²) in [5, 5.41) is 3.00. The number of piperazine rings is 1. The molecule has 1 aliphatic heterocycles. The van der Waals surface area contributed by atoms with E-state index in [-0.39, 0.29) is 11.9 Å². The van der Waals surface area contributed by atoms with Gasteiger partial charge in [-0.15, -0.1) is 11.3 Å². The van der Waals surface area contributed by atoms with E-state index in [0.717, 1.165) is 21.6 Å². The van der Waals surface area contributed by atoms with Gasteiger partial charge < -0.3 is 25.0 Å².